The van der Waals surface area contributed by atoms with Crippen LogP contribution >= 0.6 is 11.8 Å². The van der Waals surface area contributed by atoms with Crippen molar-refractivity contribution in [1.82, 2.24) is 9.97 Å². The van der Waals surface area contributed by atoms with Gasteiger partial charge in [-0.25, -0.2) is 9.97 Å². The second-order valence-corrected chi connectivity index (χ2v) is 7.90. The number of nitrogens with two attached hydrogens (primary N) is 1. The van der Waals surface area contributed by atoms with Gasteiger partial charge in [0, 0.05) is 11.4 Å². The number of carbonyl (C=O) groups excluding carboxylic acids is 1. The standard InChI is InChI=1S/C21H25N5O2S/c1-3-4-5-10-28-18-14-23-17(13-24-18)19(27)25-16-8-6-7-15(12-16)21(2)9-11-29-20(22)26-21/h4-8,12-14H,3,9-11H2,1-2H3,(H2,22,26)(H,25,27)/t21-/m0/s1. The molecule has 1 amide bonds. The van der Waals surface area contributed by atoms with E-state index in [0.717, 1.165) is 24.2 Å². The molecule has 0 bridgehead atoms. The molecule has 152 valence electrons. The Morgan fingerprint density at radius 2 is 2.21 bits per heavy atom. The quantitative estimate of drug-likeness (QED) is 0.673. The fourth-order valence-corrected chi connectivity index (χ4v) is 3.87. The van der Waals surface area contributed by atoms with Gasteiger partial charge in [0.2, 0.25) is 5.88 Å². The van der Waals surface area contributed by atoms with Crippen molar-refractivity contribution in [1.29, 1.82) is 0 Å². The van der Waals surface area contributed by atoms with Gasteiger partial charge in [0.15, 0.2) is 5.17 Å². The summed E-state index contributed by atoms with van der Waals surface area (Å²) in [4.78, 5) is 25.4. The maximum atomic E-state index is 12.5. The third-order valence-corrected chi connectivity index (χ3v) is 5.32. The summed E-state index contributed by atoms with van der Waals surface area (Å²) in [6, 6.07) is 7.66. The topological polar surface area (TPSA) is 102 Å². The Morgan fingerprint density at radius 1 is 1.34 bits per heavy atom. The molecule has 0 saturated carbocycles. The highest BCUT2D eigenvalue weighted by Crippen LogP contribution is 2.35. The molecule has 0 saturated heterocycles. The monoisotopic (exact) mass is 411 g/mol. The number of ether oxygens (including phenoxy) is 1. The average Bonchev–Trinajstić information content (AvgIpc) is 2.72. The molecule has 0 unspecified atom stereocenters. The summed E-state index contributed by atoms with van der Waals surface area (Å²) >= 11 is 1.56. The first-order valence-electron chi connectivity index (χ1n) is 9.50. The Morgan fingerprint density at radius 3 is 2.93 bits per heavy atom. The molecule has 3 N–H and O–H groups in total. The smallest absolute Gasteiger partial charge is 0.275 e. The molecule has 2 aromatic rings. The lowest BCUT2D eigenvalue weighted by atomic mass is 9.89. The number of allylic oxidation sites excluding steroid dienone is 1. The van der Waals surface area contributed by atoms with Crippen LogP contribution < -0.4 is 15.8 Å². The van der Waals surface area contributed by atoms with Crippen molar-refractivity contribution in [3.8, 4) is 5.88 Å². The van der Waals surface area contributed by atoms with Gasteiger partial charge >= 0.3 is 0 Å². The summed E-state index contributed by atoms with van der Waals surface area (Å²) in [7, 11) is 0. The number of amides is 1. The van der Waals surface area contributed by atoms with E-state index in [4.69, 9.17) is 10.5 Å². The summed E-state index contributed by atoms with van der Waals surface area (Å²) in [5.74, 6) is 0.961. The van der Waals surface area contributed by atoms with Gasteiger partial charge in [-0.1, -0.05) is 43.0 Å². The van der Waals surface area contributed by atoms with E-state index < -0.39 is 0 Å². The van der Waals surface area contributed by atoms with E-state index in [-0.39, 0.29) is 17.1 Å². The maximum Gasteiger partial charge on any atom is 0.275 e. The number of nitrogens with one attached hydrogen (secondary N) is 1. The number of nitrogens with zero attached hydrogens (tertiary/aromatic N) is 3. The van der Waals surface area contributed by atoms with E-state index in [2.05, 4.69) is 34.1 Å². The molecule has 1 atom stereocenters. The van der Waals surface area contributed by atoms with Crippen molar-refractivity contribution in [2.24, 2.45) is 10.7 Å². The first-order valence-corrected chi connectivity index (χ1v) is 10.5. The predicted octanol–water partition coefficient (Wildman–Crippen LogP) is 3.74. The van der Waals surface area contributed by atoms with Gasteiger partial charge in [-0.2, -0.15) is 0 Å². The number of anilines is 1. The number of benzene rings is 1. The van der Waals surface area contributed by atoms with Crippen LogP contribution in [0.25, 0.3) is 0 Å². The number of rotatable bonds is 7. The van der Waals surface area contributed by atoms with E-state index in [9.17, 15) is 4.79 Å². The molecule has 0 fully saturated rings. The van der Waals surface area contributed by atoms with Crippen LogP contribution in [0.15, 0.2) is 53.8 Å². The molecule has 2 heterocycles. The van der Waals surface area contributed by atoms with Crippen LogP contribution in [0.2, 0.25) is 0 Å². The van der Waals surface area contributed by atoms with Crippen molar-refractivity contribution in [2.45, 2.75) is 32.2 Å². The number of aromatic nitrogens is 2. The molecule has 1 aliphatic heterocycles. The van der Waals surface area contributed by atoms with Crippen LogP contribution in [0.4, 0.5) is 5.69 Å². The highest BCUT2D eigenvalue weighted by Gasteiger charge is 2.29. The molecule has 1 aromatic heterocycles. The van der Waals surface area contributed by atoms with Gasteiger partial charge in [-0.3, -0.25) is 9.79 Å². The zero-order chi connectivity index (χ0) is 20.7. The van der Waals surface area contributed by atoms with Crippen LogP contribution in [0.3, 0.4) is 0 Å². The maximum absolute atomic E-state index is 12.5. The van der Waals surface area contributed by atoms with Crippen LogP contribution in [0.1, 0.15) is 42.7 Å². The molecule has 0 radical (unpaired) electrons. The molecular weight excluding hydrogens is 386 g/mol. The molecule has 0 spiro atoms. The van der Waals surface area contributed by atoms with Crippen molar-refractivity contribution >= 4 is 28.5 Å². The second kappa shape index (κ2) is 9.56. The van der Waals surface area contributed by atoms with Crippen LogP contribution in [-0.4, -0.2) is 33.4 Å². The van der Waals surface area contributed by atoms with Crippen molar-refractivity contribution < 1.29 is 9.53 Å². The van der Waals surface area contributed by atoms with E-state index in [1.807, 2.05) is 36.4 Å². The molecule has 7 nitrogen and oxygen atoms in total. The minimum absolute atomic E-state index is 0.217. The Bertz CT molecular complexity index is 914. The van der Waals surface area contributed by atoms with Gasteiger partial charge in [0.25, 0.3) is 5.91 Å². The molecule has 1 aliphatic rings. The minimum Gasteiger partial charge on any atom is -0.472 e. The number of hydrogen-bond acceptors (Lipinski definition) is 7. The van der Waals surface area contributed by atoms with Crippen molar-refractivity contribution in [2.75, 3.05) is 17.7 Å². The molecular formula is C21H25N5O2S. The highest BCUT2D eigenvalue weighted by atomic mass is 32.2. The number of amidine groups is 1. The van der Waals surface area contributed by atoms with Crippen LogP contribution in [0.5, 0.6) is 5.88 Å². The highest BCUT2D eigenvalue weighted by molar-refractivity contribution is 8.13. The number of hydrogen-bond donors (Lipinski definition) is 2. The summed E-state index contributed by atoms with van der Waals surface area (Å²) in [5.41, 5.74) is 7.42. The molecule has 29 heavy (non-hydrogen) atoms. The lowest BCUT2D eigenvalue weighted by Crippen LogP contribution is -2.28. The van der Waals surface area contributed by atoms with Gasteiger partial charge in [0.1, 0.15) is 12.3 Å². The predicted molar refractivity (Wildman–Crippen MR) is 117 cm³/mol. The molecule has 0 aliphatic carbocycles. The molecule has 8 heteroatoms. The largest absolute Gasteiger partial charge is 0.472 e. The van der Waals surface area contributed by atoms with Gasteiger partial charge in [0.05, 0.1) is 17.9 Å². The average molecular weight is 412 g/mol. The third-order valence-electron chi connectivity index (χ3n) is 4.53. The molecule has 3 rings (SSSR count). The van der Waals surface area contributed by atoms with Gasteiger partial charge < -0.3 is 15.8 Å². The zero-order valence-electron chi connectivity index (χ0n) is 16.6. The van der Waals surface area contributed by atoms with E-state index in [1.54, 1.807) is 11.8 Å². The Labute approximate surface area is 174 Å². The third kappa shape index (κ3) is 5.57. The Balaban J connectivity index is 1.66. The second-order valence-electron chi connectivity index (χ2n) is 6.79. The van der Waals surface area contributed by atoms with Crippen molar-refractivity contribution in [3.05, 3.63) is 60.1 Å². The fourth-order valence-electron chi connectivity index (χ4n) is 2.90. The number of thioether (sulfide) groups is 1. The van der Waals surface area contributed by atoms with E-state index in [0.29, 0.717) is 23.3 Å². The summed E-state index contributed by atoms with van der Waals surface area (Å²) in [5, 5.41) is 3.46. The fraction of sp³-hybridized carbons (Fsp3) is 0.333. The van der Waals surface area contributed by atoms with E-state index in [1.165, 1.54) is 12.4 Å². The first kappa shape index (κ1) is 20.9. The minimum atomic E-state index is -0.388. The van der Waals surface area contributed by atoms with Gasteiger partial charge in [-0.15, -0.1) is 0 Å². The first-order chi connectivity index (χ1) is 14.0. The van der Waals surface area contributed by atoms with Crippen LogP contribution in [0, 0.1) is 0 Å². The summed E-state index contributed by atoms with van der Waals surface area (Å²) in [6.07, 6.45) is 8.61. The van der Waals surface area contributed by atoms with Crippen molar-refractivity contribution in [3.63, 3.8) is 0 Å². The lowest BCUT2D eigenvalue weighted by Gasteiger charge is -2.30. The number of aliphatic imine (C=N–C) groups is 1. The zero-order valence-corrected chi connectivity index (χ0v) is 17.4. The van der Waals surface area contributed by atoms with Gasteiger partial charge in [-0.05, 0) is 37.5 Å². The van der Waals surface area contributed by atoms with E-state index >= 15 is 0 Å². The Kier molecular flexibility index (Phi) is 6.87. The Hall–Kier alpha value is -2.87. The number of carbonyl (C=O) groups is 1. The normalized spacial score (nSPS) is 19.0. The summed E-state index contributed by atoms with van der Waals surface area (Å²) < 4.78 is 5.45. The summed E-state index contributed by atoms with van der Waals surface area (Å²) in [6.45, 7) is 4.53. The molecule has 1 aromatic carbocycles. The van der Waals surface area contributed by atoms with Crippen LogP contribution in [-0.2, 0) is 5.54 Å². The lowest BCUT2D eigenvalue weighted by molar-refractivity contribution is 0.102. The SMILES string of the molecule is CCC=CCOc1cnc(C(=O)Nc2cccc([C@]3(C)CCSC(N)=N3)c2)cn1.